The third kappa shape index (κ3) is 3.02. The van der Waals surface area contributed by atoms with Crippen molar-refractivity contribution in [3.63, 3.8) is 0 Å². The van der Waals surface area contributed by atoms with Crippen LogP contribution in [-0.4, -0.2) is 29.3 Å². The van der Waals surface area contributed by atoms with Gasteiger partial charge in [-0.25, -0.2) is 0 Å². The van der Waals surface area contributed by atoms with Gasteiger partial charge >= 0.3 is 0 Å². The van der Waals surface area contributed by atoms with E-state index in [4.69, 9.17) is 9.47 Å². The van der Waals surface area contributed by atoms with Crippen LogP contribution in [0.4, 0.5) is 0 Å². The maximum Gasteiger partial charge on any atom is 0.239 e. The average Bonchev–Trinajstić information content (AvgIpc) is 3.04. The smallest absolute Gasteiger partial charge is 0.239 e. The topological polar surface area (TPSA) is 72.3 Å². The number of hydrogen-bond donors (Lipinski definition) is 1. The summed E-state index contributed by atoms with van der Waals surface area (Å²) in [5, 5.41) is 11.2. The summed E-state index contributed by atoms with van der Waals surface area (Å²) in [6, 6.07) is 5.54. The minimum absolute atomic E-state index is 0.00738. The second-order valence-corrected chi connectivity index (χ2v) is 6.16. The Bertz CT molecular complexity index is 628. The van der Waals surface area contributed by atoms with Gasteiger partial charge in [-0.15, -0.1) is 5.10 Å². The Balaban J connectivity index is 1.67. The molecule has 2 aliphatic heterocycles. The zero-order chi connectivity index (χ0) is 14.8. The Morgan fingerprint density at radius 2 is 2.19 bits per heavy atom. The van der Waals surface area contributed by atoms with Gasteiger partial charge in [0, 0.05) is 0 Å². The summed E-state index contributed by atoms with van der Waals surface area (Å²) in [5.41, 5.74) is 0.860. The van der Waals surface area contributed by atoms with Gasteiger partial charge in [-0.3, -0.25) is 4.79 Å². The van der Waals surface area contributed by atoms with Crippen molar-refractivity contribution in [3.8, 4) is 11.5 Å². The summed E-state index contributed by atoms with van der Waals surface area (Å²) in [6.07, 6.45) is 1.62. The number of carbonyl (C=O) groups excluding carboxylic acids is 1. The molecule has 0 unspecified atom stereocenters. The number of ether oxygens (including phenoxy) is 2. The first-order chi connectivity index (χ1) is 10.1. The third-order valence-electron chi connectivity index (χ3n) is 3.08. The highest BCUT2D eigenvalue weighted by atomic mass is 32.2. The maximum atomic E-state index is 11.7. The number of nitrogens with one attached hydrogen (secondary N) is 1. The van der Waals surface area contributed by atoms with E-state index in [-0.39, 0.29) is 23.9 Å². The Labute approximate surface area is 126 Å². The van der Waals surface area contributed by atoms with E-state index in [9.17, 15) is 4.79 Å². The van der Waals surface area contributed by atoms with Crippen molar-refractivity contribution in [2.45, 2.75) is 19.1 Å². The van der Waals surface area contributed by atoms with Crippen molar-refractivity contribution >= 4 is 29.1 Å². The first kappa shape index (κ1) is 13.9. The molecule has 0 aliphatic carbocycles. The van der Waals surface area contributed by atoms with E-state index in [1.54, 1.807) is 6.21 Å². The molecule has 1 aromatic carbocycles. The van der Waals surface area contributed by atoms with Crippen LogP contribution in [0.5, 0.6) is 11.5 Å². The normalized spacial score (nSPS) is 22.5. The van der Waals surface area contributed by atoms with Crippen LogP contribution < -0.4 is 14.8 Å². The molecular formula is C14H15N3O3S. The molecule has 1 fully saturated rings. The van der Waals surface area contributed by atoms with Gasteiger partial charge < -0.3 is 14.8 Å². The largest absolute Gasteiger partial charge is 0.454 e. The molecule has 1 atom stereocenters. The third-order valence-corrected chi connectivity index (χ3v) is 4.50. The number of nitrogens with zero attached hydrogens (tertiary/aromatic N) is 2. The highest BCUT2D eigenvalue weighted by molar-refractivity contribution is 8.15. The van der Waals surface area contributed by atoms with Gasteiger partial charge in [0.2, 0.25) is 12.7 Å². The molecule has 110 valence electrons. The summed E-state index contributed by atoms with van der Waals surface area (Å²) >= 11 is 1.41. The van der Waals surface area contributed by atoms with Crippen LogP contribution >= 0.6 is 11.8 Å². The zero-order valence-electron chi connectivity index (χ0n) is 11.7. The molecule has 21 heavy (non-hydrogen) atoms. The van der Waals surface area contributed by atoms with Crippen molar-refractivity contribution in [2.75, 3.05) is 6.79 Å². The number of thioether (sulfide) groups is 1. The van der Waals surface area contributed by atoms with E-state index in [0.717, 1.165) is 11.3 Å². The second kappa shape index (κ2) is 5.77. The summed E-state index contributed by atoms with van der Waals surface area (Å²) in [7, 11) is 0. The molecule has 0 aromatic heterocycles. The first-order valence-corrected chi connectivity index (χ1v) is 7.49. The van der Waals surface area contributed by atoms with Gasteiger partial charge in [-0.1, -0.05) is 25.6 Å². The SMILES string of the molecule is CC(C)[C@@H]1S/C(=N/N=C\c2ccc3c(c2)OCO3)NC1=O. The van der Waals surface area contributed by atoms with Crippen LogP contribution in [0.2, 0.25) is 0 Å². The Morgan fingerprint density at radius 3 is 2.95 bits per heavy atom. The maximum absolute atomic E-state index is 11.7. The lowest BCUT2D eigenvalue weighted by atomic mass is 10.1. The van der Waals surface area contributed by atoms with Crippen molar-refractivity contribution in [3.05, 3.63) is 23.8 Å². The molecule has 1 aromatic rings. The van der Waals surface area contributed by atoms with Crippen LogP contribution in [0.1, 0.15) is 19.4 Å². The Hall–Kier alpha value is -2.02. The van der Waals surface area contributed by atoms with Crippen LogP contribution in [0.15, 0.2) is 28.4 Å². The lowest BCUT2D eigenvalue weighted by Gasteiger charge is -2.07. The molecule has 6 nitrogen and oxygen atoms in total. The van der Waals surface area contributed by atoms with Gasteiger partial charge in [0.15, 0.2) is 16.7 Å². The van der Waals surface area contributed by atoms with E-state index in [2.05, 4.69) is 15.5 Å². The number of amidine groups is 1. The number of rotatable bonds is 3. The molecule has 0 spiro atoms. The first-order valence-electron chi connectivity index (χ1n) is 6.61. The second-order valence-electron chi connectivity index (χ2n) is 5.03. The summed E-state index contributed by atoms with van der Waals surface area (Å²) < 4.78 is 10.5. The molecule has 1 saturated heterocycles. The van der Waals surface area contributed by atoms with E-state index in [1.807, 2.05) is 32.0 Å². The van der Waals surface area contributed by atoms with Crippen molar-refractivity contribution < 1.29 is 14.3 Å². The minimum atomic E-state index is -0.0931. The molecule has 2 heterocycles. The highest BCUT2D eigenvalue weighted by Crippen LogP contribution is 2.32. The van der Waals surface area contributed by atoms with Crippen molar-refractivity contribution in [1.29, 1.82) is 0 Å². The lowest BCUT2D eigenvalue weighted by Crippen LogP contribution is -2.27. The highest BCUT2D eigenvalue weighted by Gasteiger charge is 2.32. The van der Waals surface area contributed by atoms with E-state index < -0.39 is 0 Å². The fourth-order valence-electron chi connectivity index (χ4n) is 2.01. The Kier molecular flexibility index (Phi) is 3.83. The quantitative estimate of drug-likeness (QED) is 0.685. The van der Waals surface area contributed by atoms with E-state index in [1.165, 1.54) is 11.8 Å². The molecule has 1 N–H and O–H groups in total. The number of amides is 1. The molecule has 3 rings (SSSR count). The fourth-order valence-corrected chi connectivity index (χ4v) is 2.94. The Morgan fingerprint density at radius 1 is 1.38 bits per heavy atom. The van der Waals surface area contributed by atoms with Crippen LogP contribution in [0.3, 0.4) is 0 Å². The van der Waals surface area contributed by atoms with Gasteiger partial charge in [-0.05, 0) is 29.7 Å². The standard InChI is InChI=1S/C14H15N3O3S/c1-8(2)12-13(18)16-14(21-12)17-15-6-9-3-4-10-11(5-9)20-7-19-10/h3-6,8,12H,7H2,1-2H3,(H,16,17,18)/b15-6-/t12-/m0/s1. The monoisotopic (exact) mass is 305 g/mol. The number of carbonyl (C=O) groups is 1. The fraction of sp³-hybridized carbons (Fsp3) is 0.357. The molecule has 0 bridgehead atoms. The van der Waals surface area contributed by atoms with E-state index >= 15 is 0 Å². The zero-order valence-corrected chi connectivity index (χ0v) is 12.5. The number of hydrogen-bond acceptors (Lipinski definition) is 6. The molecule has 0 saturated carbocycles. The molecule has 1 amide bonds. The summed E-state index contributed by atoms with van der Waals surface area (Å²) in [5.74, 6) is 1.69. The molecule has 2 aliphatic rings. The van der Waals surface area contributed by atoms with E-state index in [0.29, 0.717) is 10.9 Å². The number of benzene rings is 1. The van der Waals surface area contributed by atoms with Crippen molar-refractivity contribution in [2.24, 2.45) is 16.1 Å². The molecule has 7 heteroatoms. The lowest BCUT2D eigenvalue weighted by molar-refractivity contribution is -0.119. The van der Waals surface area contributed by atoms with Crippen LogP contribution in [0.25, 0.3) is 0 Å². The van der Waals surface area contributed by atoms with Gasteiger partial charge in [0.1, 0.15) is 0 Å². The predicted molar refractivity (Wildman–Crippen MR) is 82.0 cm³/mol. The van der Waals surface area contributed by atoms with Gasteiger partial charge in [0.25, 0.3) is 0 Å². The number of fused-ring (bicyclic) bond motifs is 1. The minimum Gasteiger partial charge on any atom is -0.454 e. The average molecular weight is 305 g/mol. The summed E-state index contributed by atoms with van der Waals surface area (Å²) in [6.45, 7) is 4.27. The van der Waals surface area contributed by atoms with Gasteiger partial charge in [-0.2, -0.15) is 5.10 Å². The van der Waals surface area contributed by atoms with Crippen LogP contribution in [0, 0.1) is 5.92 Å². The molecule has 0 radical (unpaired) electrons. The van der Waals surface area contributed by atoms with Crippen molar-refractivity contribution in [1.82, 2.24) is 5.32 Å². The summed E-state index contributed by atoms with van der Waals surface area (Å²) in [4.78, 5) is 11.7. The van der Waals surface area contributed by atoms with Gasteiger partial charge in [0.05, 0.1) is 11.5 Å². The predicted octanol–water partition coefficient (Wildman–Crippen LogP) is 1.99. The van der Waals surface area contributed by atoms with Crippen LogP contribution in [-0.2, 0) is 4.79 Å². The molecular weight excluding hydrogens is 290 g/mol.